The van der Waals surface area contributed by atoms with Crippen molar-refractivity contribution < 1.29 is 19.1 Å². The van der Waals surface area contributed by atoms with Crippen LogP contribution in [0.2, 0.25) is 0 Å². The maximum absolute atomic E-state index is 11.8. The quantitative estimate of drug-likeness (QED) is 0.630. The summed E-state index contributed by atoms with van der Waals surface area (Å²) in [6.07, 6.45) is 0. The average molecular weight is 250 g/mol. The van der Waals surface area contributed by atoms with Gasteiger partial charge in [0.15, 0.2) is 0 Å². The van der Waals surface area contributed by atoms with Crippen LogP contribution in [0, 0.1) is 0 Å². The number of ether oxygens (including phenoxy) is 2. The smallest absolute Gasteiger partial charge is 0.328 e. The molecule has 0 bridgehead atoms. The molecule has 18 heavy (non-hydrogen) atoms. The number of hydrogen-bond acceptors (Lipinski definition) is 4. The zero-order valence-electron chi connectivity index (χ0n) is 10.2. The van der Waals surface area contributed by atoms with Crippen molar-refractivity contribution in [1.29, 1.82) is 0 Å². The molecule has 6 nitrogen and oxygen atoms in total. The summed E-state index contributed by atoms with van der Waals surface area (Å²) in [4.78, 5) is 24.7. The Balaban J connectivity index is 2.29. The van der Waals surface area contributed by atoms with Gasteiger partial charge in [0, 0.05) is 14.2 Å². The second kappa shape index (κ2) is 4.75. The van der Waals surface area contributed by atoms with Gasteiger partial charge in [-0.05, 0) is 5.56 Å². The van der Waals surface area contributed by atoms with E-state index in [2.05, 4.69) is 5.32 Å². The van der Waals surface area contributed by atoms with Gasteiger partial charge >= 0.3 is 17.8 Å². The van der Waals surface area contributed by atoms with Gasteiger partial charge in [-0.3, -0.25) is 15.0 Å². The van der Waals surface area contributed by atoms with Crippen molar-refractivity contribution in [3.05, 3.63) is 35.9 Å². The van der Waals surface area contributed by atoms with Gasteiger partial charge in [0.25, 0.3) is 0 Å². The fourth-order valence-corrected chi connectivity index (χ4v) is 1.93. The summed E-state index contributed by atoms with van der Waals surface area (Å²) in [5.41, 5.74) is 0.876. The molecule has 0 spiro atoms. The predicted molar refractivity (Wildman–Crippen MR) is 62.3 cm³/mol. The van der Waals surface area contributed by atoms with Crippen molar-refractivity contribution in [2.75, 3.05) is 14.2 Å². The Morgan fingerprint density at radius 3 is 2.33 bits per heavy atom. The summed E-state index contributed by atoms with van der Waals surface area (Å²) in [7, 11) is 2.64. The molecule has 0 aliphatic carbocycles. The number of carbonyl (C=O) groups is 2. The Kier molecular flexibility index (Phi) is 3.31. The number of benzene rings is 1. The van der Waals surface area contributed by atoms with Gasteiger partial charge in [-0.25, -0.2) is 4.79 Å². The van der Waals surface area contributed by atoms with E-state index in [1.807, 2.05) is 30.3 Å². The van der Waals surface area contributed by atoms with Gasteiger partial charge in [-0.1, -0.05) is 30.3 Å². The maximum Gasteiger partial charge on any atom is 0.339 e. The number of carbonyl (C=O) groups excluding carboxylic acids is 2. The predicted octanol–water partition coefficient (Wildman–Crippen LogP) is 0.685. The normalized spacial score (nSPS) is 18.0. The fourth-order valence-electron chi connectivity index (χ4n) is 1.93. The van der Waals surface area contributed by atoms with Crippen molar-refractivity contribution in [2.45, 2.75) is 12.5 Å². The lowest BCUT2D eigenvalue weighted by Crippen LogP contribution is -2.52. The highest BCUT2D eigenvalue weighted by molar-refractivity contribution is 6.05. The van der Waals surface area contributed by atoms with Crippen LogP contribution in [0.3, 0.4) is 0 Å². The van der Waals surface area contributed by atoms with Crippen LogP contribution in [0.1, 0.15) is 5.56 Å². The van der Waals surface area contributed by atoms with E-state index >= 15 is 0 Å². The minimum atomic E-state index is -1.69. The molecule has 1 aromatic rings. The molecule has 0 unspecified atom stereocenters. The summed E-state index contributed by atoms with van der Waals surface area (Å²) in [6, 6.07) is 8.75. The SMILES string of the molecule is COC1(OC)C(=O)NC(=O)N1Cc1ccccc1. The van der Waals surface area contributed by atoms with Crippen LogP contribution in [0.25, 0.3) is 0 Å². The molecule has 1 aliphatic heterocycles. The summed E-state index contributed by atoms with van der Waals surface area (Å²) in [6.45, 7) is 0.222. The van der Waals surface area contributed by atoms with Gasteiger partial charge < -0.3 is 9.47 Å². The molecule has 0 saturated carbocycles. The molecule has 6 heteroatoms. The molecule has 96 valence electrons. The van der Waals surface area contributed by atoms with E-state index in [9.17, 15) is 9.59 Å². The minimum Gasteiger partial charge on any atom is -0.328 e. The summed E-state index contributed by atoms with van der Waals surface area (Å²) in [5, 5.41) is 2.18. The van der Waals surface area contributed by atoms with E-state index in [4.69, 9.17) is 9.47 Å². The molecular weight excluding hydrogens is 236 g/mol. The summed E-state index contributed by atoms with van der Waals surface area (Å²) < 4.78 is 10.2. The standard InChI is InChI=1S/C12H14N2O4/c1-17-12(18-2)10(15)13-11(16)14(12)8-9-6-4-3-5-7-9/h3-7H,8H2,1-2H3,(H,13,15,16). The van der Waals surface area contributed by atoms with E-state index in [1.54, 1.807) is 0 Å². The zero-order chi connectivity index (χ0) is 13.2. The third-order valence-electron chi connectivity index (χ3n) is 2.84. The van der Waals surface area contributed by atoms with Gasteiger partial charge in [0.1, 0.15) is 0 Å². The van der Waals surface area contributed by atoms with Crippen molar-refractivity contribution in [1.82, 2.24) is 10.2 Å². The third kappa shape index (κ3) is 1.85. The Bertz CT molecular complexity index is 456. The number of urea groups is 1. The van der Waals surface area contributed by atoms with Gasteiger partial charge in [0.05, 0.1) is 6.54 Å². The number of nitrogens with zero attached hydrogens (tertiary/aromatic N) is 1. The largest absolute Gasteiger partial charge is 0.339 e. The number of nitrogens with one attached hydrogen (secondary N) is 1. The van der Waals surface area contributed by atoms with Crippen LogP contribution in [-0.4, -0.2) is 37.0 Å². The molecule has 0 aromatic heterocycles. The molecule has 1 heterocycles. The van der Waals surface area contributed by atoms with E-state index < -0.39 is 17.8 Å². The van der Waals surface area contributed by atoms with Crippen LogP contribution in [0.5, 0.6) is 0 Å². The lowest BCUT2D eigenvalue weighted by Gasteiger charge is -2.31. The third-order valence-corrected chi connectivity index (χ3v) is 2.84. The van der Waals surface area contributed by atoms with Crippen LogP contribution in [0.15, 0.2) is 30.3 Å². The van der Waals surface area contributed by atoms with Crippen LogP contribution in [-0.2, 0) is 20.8 Å². The maximum atomic E-state index is 11.8. The first-order valence-electron chi connectivity index (χ1n) is 5.41. The van der Waals surface area contributed by atoms with E-state index in [1.165, 1.54) is 19.1 Å². The van der Waals surface area contributed by atoms with E-state index in [0.717, 1.165) is 5.56 Å². The molecule has 1 saturated heterocycles. The Morgan fingerprint density at radius 2 is 1.78 bits per heavy atom. The van der Waals surface area contributed by atoms with E-state index in [-0.39, 0.29) is 6.54 Å². The van der Waals surface area contributed by atoms with Crippen LogP contribution in [0.4, 0.5) is 4.79 Å². The fraction of sp³-hybridized carbons (Fsp3) is 0.333. The number of rotatable bonds is 4. The molecule has 1 aromatic carbocycles. The first kappa shape index (κ1) is 12.5. The van der Waals surface area contributed by atoms with Crippen molar-refractivity contribution >= 4 is 11.9 Å². The summed E-state index contributed by atoms with van der Waals surface area (Å²) >= 11 is 0. The molecule has 1 aliphatic rings. The highest BCUT2D eigenvalue weighted by Crippen LogP contribution is 2.25. The molecule has 1 N–H and O–H groups in total. The van der Waals surface area contributed by atoms with Crippen LogP contribution < -0.4 is 5.32 Å². The second-order valence-electron chi connectivity index (χ2n) is 3.82. The molecule has 3 amide bonds. The highest BCUT2D eigenvalue weighted by Gasteiger charge is 2.54. The number of methoxy groups -OCH3 is 2. The number of hydrogen-bond donors (Lipinski definition) is 1. The topological polar surface area (TPSA) is 67.9 Å². The second-order valence-corrected chi connectivity index (χ2v) is 3.82. The van der Waals surface area contributed by atoms with E-state index in [0.29, 0.717) is 0 Å². The van der Waals surface area contributed by atoms with Gasteiger partial charge in [-0.2, -0.15) is 0 Å². The van der Waals surface area contributed by atoms with Crippen molar-refractivity contribution in [3.63, 3.8) is 0 Å². The lowest BCUT2D eigenvalue weighted by molar-refractivity contribution is -0.254. The monoisotopic (exact) mass is 250 g/mol. The lowest BCUT2D eigenvalue weighted by atomic mass is 10.2. The molecule has 0 atom stereocenters. The Labute approximate surface area is 104 Å². The average Bonchev–Trinajstić information content (AvgIpc) is 2.63. The van der Waals surface area contributed by atoms with Crippen molar-refractivity contribution in [3.8, 4) is 0 Å². The summed E-state index contributed by atoms with van der Waals surface area (Å²) in [5.74, 6) is -2.30. The Hall–Kier alpha value is -1.92. The molecule has 2 rings (SSSR count). The van der Waals surface area contributed by atoms with Crippen molar-refractivity contribution in [2.24, 2.45) is 0 Å². The molecule has 1 fully saturated rings. The highest BCUT2D eigenvalue weighted by atomic mass is 16.7. The van der Waals surface area contributed by atoms with Gasteiger partial charge in [0.2, 0.25) is 0 Å². The molecular formula is C12H14N2O4. The zero-order valence-corrected chi connectivity index (χ0v) is 10.2. The molecule has 0 radical (unpaired) electrons. The van der Waals surface area contributed by atoms with Crippen LogP contribution >= 0.6 is 0 Å². The first-order valence-corrected chi connectivity index (χ1v) is 5.41. The first-order chi connectivity index (χ1) is 8.64. The number of imide groups is 1. The number of amides is 3. The Morgan fingerprint density at radius 1 is 1.17 bits per heavy atom. The minimum absolute atomic E-state index is 0.222. The van der Waals surface area contributed by atoms with Gasteiger partial charge in [-0.15, -0.1) is 0 Å².